The highest BCUT2D eigenvalue weighted by atomic mass is 15.5. The van der Waals surface area contributed by atoms with Crippen LogP contribution in [0.25, 0.3) is 0 Å². The summed E-state index contributed by atoms with van der Waals surface area (Å²) < 4.78 is 0. The van der Waals surface area contributed by atoms with Gasteiger partial charge in [-0.2, -0.15) is 0 Å². The number of anilines is 8. The predicted molar refractivity (Wildman–Crippen MR) is 174 cm³/mol. The van der Waals surface area contributed by atoms with Crippen LogP contribution in [0.4, 0.5) is 45.5 Å². The summed E-state index contributed by atoms with van der Waals surface area (Å²) in [6, 6.07) is 60.0. The summed E-state index contributed by atoms with van der Waals surface area (Å²) in [6.45, 7) is 0. The zero-order chi connectivity index (χ0) is 27.9. The maximum Gasteiger partial charge on any atom is 0.166 e. The quantitative estimate of drug-likeness (QED) is 0.220. The van der Waals surface area contributed by atoms with E-state index in [2.05, 4.69) is 189 Å². The van der Waals surface area contributed by atoms with Gasteiger partial charge >= 0.3 is 0 Å². The van der Waals surface area contributed by atoms with Crippen molar-refractivity contribution in [2.75, 3.05) is 19.6 Å². The highest BCUT2D eigenvalue weighted by Crippen LogP contribution is 2.56. The summed E-state index contributed by atoms with van der Waals surface area (Å²) in [6.07, 6.45) is 0. The Kier molecular flexibility index (Phi) is 5.75. The van der Waals surface area contributed by atoms with Crippen LogP contribution in [0.5, 0.6) is 0 Å². The molecule has 4 heteroatoms. The van der Waals surface area contributed by atoms with E-state index < -0.39 is 0 Å². The third kappa shape index (κ3) is 3.77. The van der Waals surface area contributed by atoms with Crippen molar-refractivity contribution >= 4 is 45.5 Å². The maximum atomic E-state index is 2.40. The molecule has 0 atom stereocenters. The highest BCUT2D eigenvalue weighted by molar-refractivity contribution is 5.99. The Morgan fingerprint density at radius 2 is 0.405 bits per heavy atom. The molecule has 0 amide bonds. The molecular formula is C38H28N4. The van der Waals surface area contributed by atoms with Gasteiger partial charge in [-0.15, -0.1) is 0 Å². The summed E-state index contributed by atoms with van der Waals surface area (Å²) in [4.78, 5) is 9.59. The van der Waals surface area contributed by atoms with E-state index in [1.54, 1.807) is 0 Å². The SMILES string of the molecule is c1ccc(N2C(=C3N(c4ccccc4)c4ccccc4N3c3ccccc3)N(c3ccccc3)c3ccccc32)cc1. The van der Waals surface area contributed by atoms with Crippen molar-refractivity contribution in [1.82, 2.24) is 0 Å². The number of rotatable bonds is 4. The fourth-order valence-corrected chi connectivity index (χ4v) is 6.09. The van der Waals surface area contributed by atoms with Crippen LogP contribution in [-0.2, 0) is 0 Å². The Labute approximate surface area is 246 Å². The average Bonchev–Trinajstić information content (AvgIpc) is 3.59. The molecule has 2 aliphatic heterocycles. The van der Waals surface area contributed by atoms with Gasteiger partial charge in [-0.3, -0.25) is 19.6 Å². The van der Waals surface area contributed by atoms with E-state index in [0.29, 0.717) is 0 Å². The highest BCUT2D eigenvalue weighted by Gasteiger charge is 2.43. The molecule has 2 aliphatic rings. The lowest BCUT2D eigenvalue weighted by molar-refractivity contribution is 1.01. The third-order valence-corrected chi connectivity index (χ3v) is 7.83. The van der Waals surface area contributed by atoms with E-state index >= 15 is 0 Å². The lowest BCUT2D eigenvalue weighted by Crippen LogP contribution is -2.33. The van der Waals surface area contributed by atoms with Gasteiger partial charge in [0.1, 0.15) is 0 Å². The molecule has 6 aromatic carbocycles. The molecule has 0 aliphatic carbocycles. The van der Waals surface area contributed by atoms with Crippen molar-refractivity contribution in [3.63, 3.8) is 0 Å². The first kappa shape index (κ1) is 24.1. The van der Waals surface area contributed by atoms with Crippen LogP contribution in [0.15, 0.2) is 182 Å². The van der Waals surface area contributed by atoms with Gasteiger partial charge in [-0.05, 0) is 72.8 Å². The monoisotopic (exact) mass is 540 g/mol. The molecule has 0 spiro atoms. The van der Waals surface area contributed by atoms with Crippen molar-refractivity contribution < 1.29 is 0 Å². The van der Waals surface area contributed by atoms with E-state index in [9.17, 15) is 0 Å². The summed E-state index contributed by atoms with van der Waals surface area (Å²) in [5.74, 6) is 2.11. The van der Waals surface area contributed by atoms with Gasteiger partial charge < -0.3 is 0 Å². The van der Waals surface area contributed by atoms with Crippen molar-refractivity contribution in [2.45, 2.75) is 0 Å². The lowest BCUT2D eigenvalue weighted by atomic mass is 10.2. The van der Waals surface area contributed by atoms with E-state index in [4.69, 9.17) is 0 Å². The molecular weight excluding hydrogens is 512 g/mol. The molecule has 6 aromatic rings. The van der Waals surface area contributed by atoms with E-state index in [1.807, 2.05) is 0 Å². The van der Waals surface area contributed by atoms with Crippen LogP contribution in [0, 0.1) is 0 Å². The van der Waals surface area contributed by atoms with Gasteiger partial charge in [0.25, 0.3) is 0 Å². The minimum absolute atomic E-state index is 1.05. The molecule has 0 unspecified atom stereocenters. The number of hydrogen-bond acceptors (Lipinski definition) is 4. The second kappa shape index (κ2) is 10.0. The van der Waals surface area contributed by atoms with E-state index in [1.165, 1.54) is 0 Å². The Morgan fingerprint density at radius 3 is 0.619 bits per heavy atom. The van der Waals surface area contributed by atoms with Crippen LogP contribution in [0.1, 0.15) is 0 Å². The van der Waals surface area contributed by atoms with Crippen molar-refractivity contribution in [1.29, 1.82) is 0 Å². The van der Waals surface area contributed by atoms with Gasteiger partial charge in [-0.1, -0.05) is 97.1 Å². The normalized spacial score (nSPS) is 13.9. The van der Waals surface area contributed by atoms with Crippen LogP contribution in [-0.4, -0.2) is 0 Å². The predicted octanol–water partition coefficient (Wildman–Crippen LogP) is 10.1. The fraction of sp³-hybridized carbons (Fsp3) is 0. The molecule has 0 radical (unpaired) electrons. The topological polar surface area (TPSA) is 13.0 Å². The molecule has 42 heavy (non-hydrogen) atoms. The zero-order valence-corrected chi connectivity index (χ0v) is 23.0. The number of para-hydroxylation sites is 8. The second-order valence-electron chi connectivity index (χ2n) is 10.3. The smallest absolute Gasteiger partial charge is 0.166 e. The molecule has 0 saturated heterocycles. The van der Waals surface area contributed by atoms with E-state index in [0.717, 1.165) is 57.1 Å². The van der Waals surface area contributed by atoms with Crippen LogP contribution >= 0.6 is 0 Å². The van der Waals surface area contributed by atoms with Crippen LogP contribution in [0.3, 0.4) is 0 Å². The molecule has 0 N–H and O–H groups in total. The Bertz CT molecular complexity index is 1610. The minimum atomic E-state index is 1.05. The first-order chi connectivity index (χ1) is 20.9. The van der Waals surface area contributed by atoms with Crippen molar-refractivity contribution in [2.24, 2.45) is 0 Å². The van der Waals surface area contributed by atoms with Crippen molar-refractivity contribution in [3.8, 4) is 0 Å². The average molecular weight is 541 g/mol. The minimum Gasteiger partial charge on any atom is -0.291 e. The third-order valence-electron chi connectivity index (χ3n) is 7.83. The largest absolute Gasteiger partial charge is 0.291 e. The number of hydrogen-bond donors (Lipinski definition) is 0. The molecule has 0 fully saturated rings. The van der Waals surface area contributed by atoms with Gasteiger partial charge in [0.2, 0.25) is 0 Å². The lowest BCUT2D eigenvalue weighted by Gasteiger charge is -2.34. The number of nitrogens with zero attached hydrogens (tertiary/aromatic N) is 4. The second-order valence-corrected chi connectivity index (χ2v) is 10.3. The van der Waals surface area contributed by atoms with Gasteiger partial charge in [0, 0.05) is 22.7 Å². The summed E-state index contributed by atoms with van der Waals surface area (Å²) in [5.41, 5.74) is 8.93. The van der Waals surface area contributed by atoms with E-state index in [-0.39, 0.29) is 0 Å². The standard InChI is InChI=1S/C38H28N4/c1-5-17-29(18-6-1)39-33-25-13-14-26-34(33)40(30-19-7-2-8-20-30)37(39)38-41(31-21-9-3-10-22-31)35-27-15-16-28-36(35)42(38)32-23-11-4-12-24-32/h1-28H. The molecule has 0 bridgehead atoms. The molecule has 2 heterocycles. The van der Waals surface area contributed by atoms with Gasteiger partial charge in [0.05, 0.1) is 22.7 Å². The van der Waals surface area contributed by atoms with Gasteiger partial charge in [0.15, 0.2) is 11.6 Å². The van der Waals surface area contributed by atoms with Crippen LogP contribution in [0.2, 0.25) is 0 Å². The molecule has 8 rings (SSSR count). The molecule has 0 aromatic heterocycles. The Hall–Kier alpha value is -5.74. The zero-order valence-electron chi connectivity index (χ0n) is 23.0. The summed E-state index contributed by atoms with van der Waals surface area (Å²) in [7, 11) is 0. The maximum absolute atomic E-state index is 2.40. The summed E-state index contributed by atoms with van der Waals surface area (Å²) in [5, 5.41) is 0. The van der Waals surface area contributed by atoms with Crippen molar-refractivity contribution in [3.05, 3.63) is 182 Å². The molecule has 0 saturated carbocycles. The Morgan fingerprint density at radius 1 is 0.214 bits per heavy atom. The Balaban J connectivity index is 1.53. The fourth-order valence-electron chi connectivity index (χ4n) is 6.09. The molecule has 200 valence electrons. The van der Waals surface area contributed by atoms with Gasteiger partial charge in [-0.25, -0.2) is 0 Å². The number of benzene rings is 6. The first-order valence-corrected chi connectivity index (χ1v) is 14.2. The van der Waals surface area contributed by atoms with Crippen LogP contribution < -0.4 is 19.6 Å². The summed E-state index contributed by atoms with van der Waals surface area (Å²) >= 11 is 0. The molecule has 4 nitrogen and oxygen atoms in total. The first-order valence-electron chi connectivity index (χ1n) is 14.2. The number of fused-ring (bicyclic) bond motifs is 2.